The minimum atomic E-state index is -0.203. The highest BCUT2D eigenvalue weighted by Crippen LogP contribution is 2.22. The van der Waals surface area contributed by atoms with Crippen LogP contribution in [0.15, 0.2) is 71.7 Å². The van der Waals surface area contributed by atoms with Crippen molar-refractivity contribution in [3.8, 4) is 22.9 Å². The van der Waals surface area contributed by atoms with Gasteiger partial charge in [-0.25, -0.2) is 14.6 Å². The Balaban J connectivity index is 1.15. The van der Waals surface area contributed by atoms with Gasteiger partial charge in [-0.15, -0.1) is 0 Å². The summed E-state index contributed by atoms with van der Waals surface area (Å²) in [6.07, 6.45) is 3.12. The van der Waals surface area contributed by atoms with Gasteiger partial charge < -0.3 is 18.8 Å². The van der Waals surface area contributed by atoms with Gasteiger partial charge in [0.15, 0.2) is 0 Å². The van der Waals surface area contributed by atoms with Crippen LogP contribution in [0.4, 0.5) is 0 Å². The maximum atomic E-state index is 13.0. The van der Waals surface area contributed by atoms with Crippen molar-refractivity contribution >= 4 is 5.91 Å². The number of hydrogen-bond donors (Lipinski definition) is 0. The van der Waals surface area contributed by atoms with Crippen molar-refractivity contribution in [2.45, 2.75) is 19.4 Å². The van der Waals surface area contributed by atoms with E-state index in [1.165, 1.54) is 6.33 Å². The monoisotopic (exact) mass is 459 g/mol. The topological polar surface area (TPSA) is 95.5 Å². The van der Waals surface area contributed by atoms with Crippen LogP contribution in [0.3, 0.4) is 0 Å². The molecule has 0 radical (unpaired) electrons. The summed E-state index contributed by atoms with van der Waals surface area (Å²) >= 11 is 0. The molecule has 2 aromatic carbocycles. The molecule has 5 rings (SSSR count). The van der Waals surface area contributed by atoms with E-state index in [1.807, 2.05) is 66.4 Å². The molecule has 9 nitrogen and oxygen atoms in total. The van der Waals surface area contributed by atoms with E-state index < -0.39 is 0 Å². The lowest BCUT2D eigenvalue weighted by atomic mass is 10.2. The molecule has 2 aromatic heterocycles. The van der Waals surface area contributed by atoms with Gasteiger partial charge in [-0.05, 0) is 43.3 Å². The molecule has 0 N–H and O–H groups in total. The maximum absolute atomic E-state index is 13.0. The van der Waals surface area contributed by atoms with E-state index in [0.29, 0.717) is 43.6 Å². The highest BCUT2D eigenvalue weighted by Gasteiger charge is 2.26. The van der Waals surface area contributed by atoms with Gasteiger partial charge >= 0.3 is 0 Å². The largest absolute Gasteiger partial charge is 0.491 e. The highest BCUT2D eigenvalue weighted by atomic mass is 16.5. The molecular formula is C25H25N5O4. The van der Waals surface area contributed by atoms with Gasteiger partial charge in [-0.2, -0.15) is 5.10 Å². The zero-order chi connectivity index (χ0) is 23.3. The Morgan fingerprint density at radius 2 is 1.97 bits per heavy atom. The summed E-state index contributed by atoms with van der Waals surface area (Å²) in [4.78, 5) is 23.3. The van der Waals surface area contributed by atoms with E-state index in [9.17, 15) is 4.79 Å². The van der Waals surface area contributed by atoms with Crippen LogP contribution < -0.4 is 4.74 Å². The van der Waals surface area contributed by atoms with Crippen molar-refractivity contribution in [2.75, 3.05) is 26.3 Å². The Hall–Kier alpha value is -3.98. The SMILES string of the molecule is Cc1oc(-c2ccccc2)nc1CC(=O)N1CCOC(COc2ccc(-n3cncn3)cc2)C1. The fraction of sp³-hybridized carbons (Fsp3) is 0.280. The van der Waals surface area contributed by atoms with E-state index in [-0.39, 0.29) is 18.4 Å². The Labute approximate surface area is 197 Å². The smallest absolute Gasteiger partial charge is 0.228 e. The number of rotatable bonds is 7. The fourth-order valence-electron chi connectivity index (χ4n) is 3.82. The van der Waals surface area contributed by atoms with E-state index >= 15 is 0 Å². The van der Waals surface area contributed by atoms with Crippen LogP contribution in [0.5, 0.6) is 5.75 Å². The molecule has 0 saturated carbocycles. The number of ether oxygens (including phenoxy) is 2. The zero-order valence-electron chi connectivity index (χ0n) is 18.8. The first-order chi connectivity index (χ1) is 16.7. The number of aromatic nitrogens is 4. The summed E-state index contributed by atoms with van der Waals surface area (Å²) in [7, 11) is 0. The third-order valence-electron chi connectivity index (χ3n) is 5.68. The summed E-state index contributed by atoms with van der Waals surface area (Å²) in [6, 6.07) is 17.2. The van der Waals surface area contributed by atoms with Crippen molar-refractivity contribution < 1.29 is 18.7 Å². The third-order valence-corrected chi connectivity index (χ3v) is 5.68. The third kappa shape index (κ3) is 4.99. The van der Waals surface area contributed by atoms with E-state index in [0.717, 1.165) is 17.0 Å². The van der Waals surface area contributed by atoms with Crippen LogP contribution in [0.2, 0.25) is 0 Å². The number of carbonyl (C=O) groups excluding carboxylic acids is 1. The molecule has 1 aliphatic rings. The summed E-state index contributed by atoms with van der Waals surface area (Å²) < 4.78 is 19.2. The molecule has 174 valence electrons. The number of oxazole rings is 1. The molecular weight excluding hydrogens is 434 g/mol. The molecule has 34 heavy (non-hydrogen) atoms. The normalized spacial score (nSPS) is 15.9. The molecule has 0 aliphatic carbocycles. The van der Waals surface area contributed by atoms with Crippen LogP contribution in [0.25, 0.3) is 17.1 Å². The van der Waals surface area contributed by atoms with Crippen LogP contribution in [-0.4, -0.2) is 63.0 Å². The number of amides is 1. The van der Waals surface area contributed by atoms with E-state index in [2.05, 4.69) is 15.1 Å². The van der Waals surface area contributed by atoms with Crippen LogP contribution in [0.1, 0.15) is 11.5 Å². The van der Waals surface area contributed by atoms with Crippen molar-refractivity contribution in [2.24, 2.45) is 0 Å². The van der Waals surface area contributed by atoms with Gasteiger partial charge in [0.1, 0.15) is 36.9 Å². The summed E-state index contributed by atoms with van der Waals surface area (Å²) in [5.41, 5.74) is 2.45. The average Bonchev–Trinajstić information content (AvgIpc) is 3.54. The molecule has 1 atom stereocenters. The standard InChI is InChI=1S/C25H25N5O4/c1-18-23(28-25(34-18)19-5-3-2-4-6-19)13-24(31)29-11-12-32-22(14-29)15-33-21-9-7-20(8-10-21)30-17-26-16-27-30/h2-10,16-17,22H,11-15H2,1H3. The van der Waals surface area contributed by atoms with E-state index in [4.69, 9.17) is 13.9 Å². The molecule has 1 aliphatic heterocycles. The highest BCUT2D eigenvalue weighted by molar-refractivity contribution is 5.79. The molecule has 0 spiro atoms. The van der Waals surface area contributed by atoms with Gasteiger partial charge in [0, 0.05) is 12.1 Å². The quantitative estimate of drug-likeness (QED) is 0.419. The zero-order valence-corrected chi connectivity index (χ0v) is 18.8. The lowest BCUT2D eigenvalue weighted by Crippen LogP contribution is -2.48. The molecule has 0 bridgehead atoms. The maximum Gasteiger partial charge on any atom is 0.228 e. The Morgan fingerprint density at radius 1 is 1.15 bits per heavy atom. The molecule has 3 heterocycles. The second kappa shape index (κ2) is 9.88. The average molecular weight is 460 g/mol. The second-order valence-corrected chi connectivity index (χ2v) is 8.04. The summed E-state index contributed by atoms with van der Waals surface area (Å²) in [5, 5.41) is 4.11. The summed E-state index contributed by atoms with van der Waals surface area (Å²) in [5.74, 6) is 1.92. The number of aryl methyl sites for hydroxylation is 1. The number of carbonyl (C=O) groups is 1. The van der Waals surface area contributed by atoms with E-state index in [1.54, 1.807) is 11.0 Å². The molecule has 9 heteroatoms. The van der Waals surface area contributed by atoms with Crippen LogP contribution >= 0.6 is 0 Å². The van der Waals surface area contributed by atoms with Crippen molar-refractivity contribution in [1.82, 2.24) is 24.6 Å². The number of benzene rings is 2. The van der Waals surface area contributed by atoms with Crippen LogP contribution in [-0.2, 0) is 16.0 Å². The minimum absolute atomic E-state index is 0.00139. The van der Waals surface area contributed by atoms with Crippen LogP contribution in [0, 0.1) is 6.92 Å². The van der Waals surface area contributed by atoms with Gasteiger partial charge in [0.2, 0.25) is 11.8 Å². The number of hydrogen-bond acceptors (Lipinski definition) is 7. The molecule has 4 aromatic rings. The second-order valence-electron chi connectivity index (χ2n) is 8.04. The van der Waals surface area contributed by atoms with Crippen molar-refractivity contribution in [3.05, 3.63) is 78.7 Å². The predicted molar refractivity (Wildman–Crippen MR) is 124 cm³/mol. The fourth-order valence-corrected chi connectivity index (χ4v) is 3.82. The number of morpholine rings is 1. The Kier molecular flexibility index (Phi) is 6.35. The van der Waals surface area contributed by atoms with Crippen molar-refractivity contribution in [1.29, 1.82) is 0 Å². The van der Waals surface area contributed by atoms with Gasteiger partial charge in [-0.3, -0.25) is 4.79 Å². The molecule has 1 saturated heterocycles. The summed E-state index contributed by atoms with van der Waals surface area (Å²) in [6.45, 7) is 3.68. The van der Waals surface area contributed by atoms with Gasteiger partial charge in [0.05, 0.1) is 31.0 Å². The molecule has 1 amide bonds. The lowest BCUT2D eigenvalue weighted by molar-refractivity contribution is -0.139. The first-order valence-electron chi connectivity index (χ1n) is 11.1. The minimum Gasteiger partial charge on any atom is -0.491 e. The first kappa shape index (κ1) is 21.8. The van der Waals surface area contributed by atoms with Gasteiger partial charge in [-0.1, -0.05) is 18.2 Å². The Morgan fingerprint density at radius 3 is 2.74 bits per heavy atom. The molecule has 1 unspecified atom stereocenters. The van der Waals surface area contributed by atoms with Crippen molar-refractivity contribution in [3.63, 3.8) is 0 Å². The first-order valence-corrected chi connectivity index (χ1v) is 11.1. The molecule has 1 fully saturated rings. The lowest BCUT2D eigenvalue weighted by Gasteiger charge is -2.32. The number of nitrogens with zero attached hydrogens (tertiary/aromatic N) is 5. The Bertz CT molecular complexity index is 1220. The predicted octanol–water partition coefficient (Wildman–Crippen LogP) is 3.08. The van der Waals surface area contributed by atoms with Gasteiger partial charge in [0.25, 0.3) is 0 Å².